The van der Waals surface area contributed by atoms with Gasteiger partial charge in [-0.2, -0.15) is 0 Å². The molecule has 25 heavy (non-hydrogen) atoms. The second kappa shape index (κ2) is 4.96. The van der Waals surface area contributed by atoms with Crippen LogP contribution < -0.4 is 0 Å². The first-order valence-corrected chi connectivity index (χ1v) is 11.4. The van der Waals surface area contributed by atoms with Crippen LogP contribution in [0, 0.1) is 57.7 Å². The van der Waals surface area contributed by atoms with Crippen molar-refractivity contribution in [3.8, 4) is 0 Å². The van der Waals surface area contributed by atoms with Crippen molar-refractivity contribution in [1.82, 2.24) is 0 Å². The molecule has 140 valence electrons. The normalized spacial score (nSPS) is 59.6. The zero-order valence-electron chi connectivity index (χ0n) is 17.6. The topological polar surface area (TPSA) is 0 Å². The van der Waals surface area contributed by atoms with Gasteiger partial charge in [-0.1, -0.05) is 46.3 Å². The van der Waals surface area contributed by atoms with Crippen molar-refractivity contribution in [3.63, 3.8) is 0 Å². The maximum atomic E-state index is 2.72. The van der Waals surface area contributed by atoms with Gasteiger partial charge in [-0.15, -0.1) is 0 Å². The van der Waals surface area contributed by atoms with E-state index in [-0.39, 0.29) is 0 Å². The van der Waals surface area contributed by atoms with Gasteiger partial charge in [0.2, 0.25) is 0 Å². The van der Waals surface area contributed by atoms with Gasteiger partial charge >= 0.3 is 0 Å². The molecule has 0 heteroatoms. The molecule has 0 aromatic carbocycles. The van der Waals surface area contributed by atoms with Crippen molar-refractivity contribution < 1.29 is 0 Å². The number of fused-ring (bicyclic) bond motifs is 7. The molecule has 0 saturated heterocycles. The van der Waals surface area contributed by atoms with E-state index in [0.29, 0.717) is 16.2 Å². The van der Waals surface area contributed by atoms with Crippen LogP contribution in [0.5, 0.6) is 0 Å². The number of hydrogen-bond acceptors (Lipinski definition) is 0. The van der Waals surface area contributed by atoms with Gasteiger partial charge in [0.25, 0.3) is 0 Å². The third-order valence-corrected chi connectivity index (χ3v) is 10.9. The lowest BCUT2D eigenvalue weighted by molar-refractivity contribution is -0.0477. The maximum absolute atomic E-state index is 2.72. The highest BCUT2D eigenvalue weighted by Crippen LogP contribution is 2.76. The Labute approximate surface area is 156 Å². The molecule has 0 aromatic heterocycles. The van der Waals surface area contributed by atoms with Crippen LogP contribution in [-0.4, -0.2) is 0 Å². The molecule has 0 aliphatic heterocycles. The maximum Gasteiger partial charge on any atom is -0.00824 e. The first kappa shape index (κ1) is 16.9. The van der Waals surface area contributed by atoms with E-state index in [9.17, 15) is 0 Å². The highest BCUT2D eigenvalue weighted by atomic mass is 14.7. The summed E-state index contributed by atoms with van der Waals surface area (Å²) in [4.78, 5) is 0. The lowest BCUT2D eigenvalue weighted by atomic mass is 9.51. The Balaban J connectivity index is 1.56. The Kier molecular flexibility index (Phi) is 3.35. The van der Waals surface area contributed by atoms with E-state index >= 15 is 0 Å². The Morgan fingerprint density at radius 1 is 0.920 bits per heavy atom. The largest absolute Gasteiger partial charge is 0.0847 e. The summed E-state index contributed by atoms with van der Waals surface area (Å²) >= 11 is 0. The minimum absolute atomic E-state index is 0.552. The predicted octanol–water partition coefficient (Wildman–Crippen LogP) is 7.10. The van der Waals surface area contributed by atoms with Gasteiger partial charge < -0.3 is 0 Å². The molecule has 0 N–H and O–H groups in total. The first-order chi connectivity index (χ1) is 11.7. The summed E-state index contributed by atoms with van der Waals surface area (Å²) in [5.74, 6) is 6.97. The average molecular weight is 341 g/mol. The summed E-state index contributed by atoms with van der Waals surface area (Å²) in [6.45, 7) is 15.5. The van der Waals surface area contributed by atoms with Crippen molar-refractivity contribution in [1.29, 1.82) is 0 Å². The van der Waals surface area contributed by atoms with Crippen molar-refractivity contribution in [2.24, 2.45) is 57.7 Å². The fraction of sp³-hybridized carbons (Fsp3) is 0.920. The number of allylic oxidation sites excluding steroid dienone is 2. The fourth-order valence-corrected chi connectivity index (χ4v) is 9.51. The number of hydrogen-bond donors (Lipinski definition) is 0. The van der Waals surface area contributed by atoms with Gasteiger partial charge in [-0.25, -0.2) is 0 Å². The van der Waals surface area contributed by atoms with E-state index in [1.165, 1.54) is 38.5 Å². The van der Waals surface area contributed by atoms with Crippen molar-refractivity contribution in [2.45, 2.75) is 86.5 Å². The fourth-order valence-electron chi connectivity index (χ4n) is 9.51. The summed E-state index contributed by atoms with van der Waals surface area (Å²) in [5, 5.41) is 0. The van der Waals surface area contributed by atoms with Crippen LogP contribution in [-0.2, 0) is 0 Å². The molecule has 4 saturated carbocycles. The van der Waals surface area contributed by atoms with Crippen LogP contribution in [0.4, 0.5) is 0 Å². The molecule has 0 bridgehead atoms. The highest BCUT2D eigenvalue weighted by Gasteiger charge is 2.68. The minimum Gasteiger partial charge on any atom is -0.0847 e. The van der Waals surface area contributed by atoms with Crippen LogP contribution >= 0.6 is 0 Å². The molecular weight excluding hydrogens is 300 g/mol. The quantitative estimate of drug-likeness (QED) is 0.446. The van der Waals surface area contributed by atoms with Gasteiger partial charge in [0.15, 0.2) is 0 Å². The van der Waals surface area contributed by atoms with E-state index in [0.717, 1.165) is 41.4 Å². The van der Waals surface area contributed by atoms with E-state index in [4.69, 9.17) is 0 Å². The lowest BCUT2D eigenvalue weighted by Crippen LogP contribution is -2.47. The molecule has 0 heterocycles. The molecule has 0 nitrogen and oxygen atoms in total. The first-order valence-electron chi connectivity index (χ1n) is 11.4. The molecule has 5 rings (SSSR count). The second-order valence-electron chi connectivity index (χ2n) is 12.2. The average Bonchev–Trinajstić information content (AvgIpc) is 3.18. The lowest BCUT2D eigenvalue weighted by Gasteiger charge is -2.53. The highest BCUT2D eigenvalue weighted by molar-refractivity contribution is 5.27. The summed E-state index contributed by atoms with van der Waals surface area (Å²) in [6, 6.07) is 0. The van der Waals surface area contributed by atoms with Crippen molar-refractivity contribution in [3.05, 3.63) is 11.6 Å². The molecule has 4 fully saturated rings. The molecule has 0 unspecified atom stereocenters. The zero-order chi connectivity index (χ0) is 17.8. The smallest absolute Gasteiger partial charge is 0.00824 e. The molecule has 9 atom stereocenters. The van der Waals surface area contributed by atoms with E-state index in [2.05, 4.69) is 47.6 Å². The van der Waals surface area contributed by atoms with E-state index in [1.807, 2.05) is 0 Å². The van der Waals surface area contributed by atoms with Crippen LogP contribution in [0.25, 0.3) is 0 Å². The van der Waals surface area contributed by atoms with Crippen LogP contribution in [0.15, 0.2) is 11.6 Å². The number of rotatable bonds is 1. The monoisotopic (exact) mass is 340 g/mol. The Morgan fingerprint density at radius 2 is 1.64 bits per heavy atom. The van der Waals surface area contributed by atoms with Gasteiger partial charge in [0, 0.05) is 0 Å². The summed E-state index contributed by atoms with van der Waals surface area (Å²) < 4.78 is 0. The third kappa shape index (κ3) is 1.96. The van der Waals surface area contributed by atoms with Gasteiger partial charge in [-0.05, 0) is 110 Å². The van der Waals surface area contributed by atoms with Crippen molar-refractivity contribution >= 4 is 0 Å². The Morgan fingerprint density at radius 3 is 2.36 bits per heavy atom. The molecule has 0 aromatic rings. The van der Waals surface area contributed by atoms with Gasteiger partial charge in [0.05, 0.1) is 0 Å². The van der Waals surface area contributed by atoms with E-state index < -0.39 is 0 Å². The molecule has 5 aliphatic carbocycles. The third-order valence-electron chi connectivity index (χ3n) is 10.9. The van der Waals surface area contributed by atoms with E-state index in [1.54, 1.807) is 12.0 Å². The second-order valence-corrected chi connectivity index (χ2v) is 12.2. The summed E-state index contributed by atoms with van der Waals surface area (Å²) in [6.07, 6.45) is 13.1. The SMILES string of the molecule is CC1=CC[C@@H]2[C@H]3C[C@@]4(C)CC[C@]5(C)CC[C@H](C(C)C)[C@H]5[C@@H]4[C@H]3C[C@]12C. The summed E-state index contributed by atoms with van der Waals surface area (Å²) in [7, 11) is 0. The summed E-state index contributed by atoms with van der Waals surface area (Å²) in [5.41, 5.74) is 3.61. The van der Waals surface area contributed by atoms with Crippen molar-refractivity contribution in [2.75, 3.05) is 0 Å². The van der Waals surface area contributed by atoms with Crippen LogP contribution in [0.2, 0.25) is 0 Å². The van der Waals surface area contributed by atoms with Crippen LogP contribution in [0.3, 0.4) is 0 Å². The standard InChI is InChI=1S/C25H40/c1-15(2)17-9-10-23(4)11-12-24(5)13-18-19(22(24)21(17)23)14-25(6)16(3)7-8-20(18)25/h7,15,17-22H,8-14H2,1-6H3/t17-,18+,19+,20-,21+,22+,23+,24-,25-/m1/s1. The predicted molar refractivity (Wildman–Crippen MR) is 106 cm³/mol. The molecule has 0 radical (unpaired) electrons. The molecule has 0 amide bonds. The molecular formula is C25H40. The van der Waals surface area contributed by atoms with Gasteiger partial charge in [-0.3, -0.25) is 0 Å². The molecule has 5 aliphatic rings. The molecule has 0 spiro atoms. The van der Waals surface area contributed by atoms with Gasteiger partial charge in [0.1, 0.15) is 0 Å². The Hall–Kier alpha value is -0.260. The Bertz CT molecular complexity index is 614. The zero-order valence-corrected chi connectivity index (χ0v) is 17.6. The minimum atomic E-state index is 0.552. The van der Waals surface area contributed by atoms with Crippen LogP contribution in [0.1, 0.15) is 86.5 Å².